The molecule has 7 heteroatoms. The second-order valence-electron chi connectivity index (χ2n) is 5.22. The molecular weight excluding hydrogens is 353 g/mol. The molecule has 1 heterocycles. The zero-order valence-electron chi connectivity index (χ0n) is 13.1. The number of ether oxygens (including phenoxy) is 2. The van der Waals surface area contributed by atoms with E-state index in [0.717, 1.165) is 4.90 Å². The van der Waals surface area contributed by atoms with Gasteiger partial charge in [-0.2, -0.15) is 8.78 Å². The third-order valence-electron chi connectivity index (χ3n) is 3.61. The molecule has 0 saturated carbocycles. The van der Waals surface area contributed by atoms with Crippen molar-refractivity contribution in [2.24, 2.45) is 0 Å². The van der Waals surface area contributed by atoms with E-state index in [4.69, 9.17) is 4.74 Å². The van der Waals surface area contributed by atoms with Crippen molar-refractivity contribution in [3.63, 3.8) is 0 Å². The normalized spacial score (nSPS) is 15.4. The Balaban J connectivity index is 1.92. The summed E-state index contributed by atoms with van der Waals surface area (Å²) in [5.41, 5.74) is 1.42. The van der Waals surface area contributed by atoms with E-state index in [1.165, 1.54) is 43.1 Å². The number of halogens is 3. The van der Waals surface area contributed by atoms with Gasteiger partial charge in [0.05, 0.1) is 7.11 Å². The third-order valence-corrected chi connectivity index (χ3v) is 4.73. The summed E-state index contributed by atoms with van der Waals surface area (Å²) in [5, 5.41) is 0. The molecule has 130 valence electrons. The van der Waals surface area contributed by atoms with Crippen molar-refractivity contribution in [2.75, 3.05) is 12.9 Å². The van der Waals surface area contributed by atoms with Crippen molar-refractivity contribution in [1.29, 1.82) is 0 Å². The Kier molecular flexibility index (Phi) is 5.03. The van der Waals surface area contributed by atoms with Crippen LogP contribution in [0, 0.1) is 5.82 Å². The number of carbonyl (C=O) groups excluding carboxylic acids is 1. The highest BCUT2D eigenvalue weighted by atomic mass is 32.2. The van der Waals surface area contributed by atoms with Crippen molar-refractivity contribution in [3.8, 4) is 11.5 Å². The van der Waals surface area contributed by atoms with Crippen LogP contribution < -0.4 is 9.47 Å². The first-order valence-electron chi connectivity index (χ1n) is 7.28. The highest BCUT2D eigenvalue weighted by Crippen LogP contribution is 2.35. The monoisotopic (exact) mass is 366 g/mol. The van der Waals surface area contributed by atoms with E-state index in [1.807, 2.05) is 0 Å². The van der Waals surface area contributed by atoms with E-state index in [2.05, 4.69) is 4.74 Å². The maximum absolute atomic E-state index is 13.4. The van der Waals surface area contributed by atoms with E-state index >= 15 is 0 Å². The highest BCUT2D eigenvalue weighted by Gasteiger charge is 2.23. The van der Waals surface area contributed by atoms with Crippen molar-refractivity contribution in [1.82, 2.24) is 0 Å². The van der Waals surface area contributed by atoms with Gasteiger partial charge in [0.1, 0.15) is 5.82 Å². The van der Waals surface area contributed by atoms with Gasteiger partial charge in [-0.25, -0.2) is 4.39 Å². The van der Waals surface area contributed by atoms with Gasteiger partial charge in [0.15, 0.2) is 17.3 Å². The Morgan fingerprint density at radius 2 is 1.96 bits per heavy atom. The van der Waals surface area contributed by atoms with Gasteiger partial charge >= 0.3 is 6.61 Å². The van der Waals surface area contributed by atoms with Crippen LogP contribution in [0.5, 0.6) is 11.5 Å². The Bertz CT molecular complexity index is 849. The summed E-state index contributed by atoms with van der Waals surface area (Å²) in [6, 6.07) is 8.53. The van der Waals surface area contributed by atoms with Crippen LogP contribution in [-0.2, 0) is 0 Å². The number of rotatable bonds is 4. The zero-order chi connectivity index (χ0) is 18.0. The van der Waals surface area contributed by atoms with Crippen LogP contribution in [0.2, 0.25) is 0 Å². The molecule has 3 nitrogen and oxygen atoms in total. The van der Waals surface area contributed by atoms with Gasteiger partial charge in [0.2, 0.25) is 0 Å². The Labute approximate surface area is 146 Å². The number of alkyl halides is 2. The number of benzene rings is 2. The first-order valence-corrected chi connectivity index (χ1v) is 8.27. The van der Waals surface area contributed by atoms with Crippen LogP contribution in [-0.4, -0.2) is 25.3 Å². The van der Waals surface area contributed by atoms with Crippen molar-refractivity contribution >= 4 is 23.6 Å². The fourth-order valence-corrected chi connectivity index (χ4v) is 3.47. The van der Waals surface area contributed by atoms with Crippen molar-refractivity contribution in [3.05, 3.63) is 58.9 Å². The number of ketones is 1. The van der Waals surface area contributed by atoms with E-state index < -0.39 is 12.4 Å². The second kappa shape index (κ2) is 7.23. The van der Waals surface area contributed by atoms with Crippen LogP contribution >= 0.6 is 11.8 Å². The van der Waals surface area contributed by atoms with Crippen LogP contribution in [0.25, 0.3) is 6.08 Å². The lowest BCUT2D eigenvalue weighted by Crippen LogP contribution is -2.12. The number of hydrogen-bond donors (Lipinski definition) is 0. The molecule has 0 bridgehead atoms. The predicted molar refractivity (Wildman–Crippen MR) is 89.1 cm³/mol. The molecule has 0 unspecified atom stereocenters. The lowest BCUT2D eigenvalue weighted by molar-refractivity contribution is -0.0512. The smallest absolute Gasteiger partial charge is 0.387 e. The van der Waals surface area contributed by atoms with Crippen LogP contribution in [0.4, 0.5) is 13.2 Å². The molecule has 0 radical (unpaired) electrons. The van der Waals surface area contributed by atoms with Crippen LogP contribution in [0.15, 0.2) is 46.9 Å². The summed E-state index contributed by atoms with van der Waals surface area (Å²) in [7, 11) is 1.34. The fraction of sp³-hybridized carbons (Fsp3) is 0.167. The van der Waals surface area contributed by atoms with Gasteiger partial charge in [0.25, 0.3) is 0 Å². The van der Waals surface area contributed by atoms with Crippen molar-refractivity contribution in [2.45, 2.75) is 11.5 Å². The summed E-state index contributed by atoms with van der Waals surface area (Å²) in [6.45, 7) is -2.96. The molecule has 2 aromatic carbocycles. The van der Waals surface area contributed by atoms with Gasteiger partial charge in [-0.05, 0) is 42.0 Å². The lowest BCUT2D eigenvalue weighted by atomic mass is 10.0. The van der Waals surface area contributed by atoms with E-state index in [1.54, 1.807) is 18.2 Å². The van der Waals surface area contributed by atoms with Gasteiger partial charge < -0.3 is 9.47 Å². The van der Waals surface area contributed by atoms with E-state index in [9.17, 15) is 18.0 Å². The molecule has 3 rings (SSSR count). The Morgan fingerprint density at radius 1 is 1.16 bits per heavy atom. The summed E-state index contributed by atoms with van der Waals surface area (Å²) in [6.07, 6.45) is 1.64. The standard InChI is InChI=1S/C18H13F3O3S/c1-23-15-7-10(2-4-14(15)24-18(20)21)6-11-9-25-16-5-3-12(19)8-13(16)17(11)22/h2-8,18H,9H2,1H3/b11-6+. The van der Waals surface area contributed by atoms with E-state index in [0.29, 0.717) is 22.5 Å². The Hall–Kier alpha value is -2.41. The molecule has 1 aliphatic rings. The molecule has 0 spiro atoms. The first-order chi connectivity index (χ1) is 12.0. The van der Waals surface area contributed by atoms with Gasteiger partial charge in [-0.1, -0.05) is 6.07 Å². The molecule has 0 N–H and O–H groups in total. The average Bonchev–Trinajstić information content (AvgIpc) is 2.58. The molecule has 0 aromatic heterocycles. The van der Waals surface area contributed by atoms with Gasteiger partial charge in [-0.3, -0.25) is 4.79 Å². The summed E-state index contributed by atoms with van der Waals surface area (Å²) < 4.78 is 47.5. The number of Topliss-reactive ketones (excluding diaryl/α,β-unsaturated/α-hetero) is 1. The quantitative estimate of drug-likeness (QED) is 0.728. The molecule has 25 heavy (non-hydrogen) atoms. The molecule has 0 aliphatic carbocycles. The molecule has 0 saturated heterocycles. The number of methoxy groups -OCH3 is 1. The summed E-state index contributed by atoms with van der Waals surface area (Å²) in [4.78, 5) is 13.3. The van der Waals surface area contributed by atoms with Crippen LogP contribution in [0.1, 0.15) is 15.9 Å². The summed E-state index contributed by atoms with van der Waals surface area (Å²) in [5.74, 6) is -0.229. The topological polar surface area (TPSA) is 35.5 Å². The molecule has 0 atom stereocenters. The number of thioether (sulfide) groups is 1. The summed E-state index contributed by atoms with van der Waals surface area (Å²) >= 11 is 1.44. The number of carbonyl (C=O) groups is 1. The molecule has 2 aromatic rings. The Morgan fingerprint density at radius 3 is 2.68 bits per heavy atom. The predicted octanol–water partition coefficient (Wildman–Crippen LogP) is 4.81. The van der Waals surface area contributed by atoms with Gasteiger partial charge in [-0.15, -0.1) is 11.8 Å². The van der Waals surface area contributed by atoms with Gasteiger partial charge in [0, 0.05) is 21.8 Å². The molecule has 1 aliphatic heterocycles. The lowest BCUT2D eigenvalue weighted by Gasteiger charge is -2.17. The largest absolute Gasteiger partial charge is 0.493 e. The maximum atomic E-state index is 13.4. The van der Waals surface area contributed by atoms with Crippen LogP contribution in [0.3, 0.4) is 0 Å². The minimum Gasteiger partial charge on any atom is -0.493 e. The zero-order valence-corrected chi connectivity index (χ0v) is 13.9. The minimum atomic E-state index is -2.96. The molecule has 0 fully saturated rings. The minimum absolute atomic E-state index is 0.0867. The van der Waals surface area contributed by atoms with Crippen molar-refractivity contribution < 1.29 is 27.4 Å². The highest BCUT2D eigenvalue weighted by molar-refractivity contribution is 7.99. The number of fused-ring (bicyclic) bond motifs is 1. The fourth-order valence-electron chi connectivity index (χ4n) is 2.48. The maximum Gasteiger partial charge on any atom is 0.387 e. The second-order valence-corrected chi connectivity index (χ2v) is 6.23. The number of hydrogen-bond acceptors (Lipinski definition) is 4. The molecular formula is C18H13F3O3S. The molecule has 0 amide bonds. The average molecular weight is 366 g/mol. The first kappa shape index (κ1) is 17.4. The van der Waals surface area contributed by atoms with E-state index in [-0.39, 0.29) is 17.3 Å². The third kappa shape index (κ3) is 3.82. The SMILES string of the molecule is COc1cc(/C=C2\CSc3ccc(F)cc3C2=O)ccc1OC(F)F.